The van der Waals surface area contributed by atoms with Crippen molar-refractivity contribution in [2.24, 2.45) is 5.73 Å². The van der Waals surface area contributed by atoms with E-state index in [-0.39, 0.29) is 23.6 Å². The van der Waals surface area contributed by atoms with E-state index in [1.165, 1.54) is 0 Å². The van der Waals surface area contributed by atoms with E-state index in [1.807, 2.05) is 0 Å². The molecule has 96 valence electrons. The van der Waals surface area contributed by atoms with E-state index in [1.54, 1.807) is 17.0 Å². The Morgan fingerprint density at radius 1 is 1.41 bits per heavy atom. The van der Waals surface area contributed by atoms with Gasteiger partial charge in [0.1, 0.15) is 0 Å². The van der Waals surface area contributed by atoms with Gasteiger partial charge in [-0.15, -0.1) is 12.4 Å². The van der Waals surface area contributed by atoms with Gasteiger partial charge in [0.15, 0.2) is 0 Å². The molecule has 3 aliphatic rings. The molecule has 1 aromatic heterocycles. The van der Waals surface area contributed by atoms with Gasteiger partial charge in [0.05, 0.1) is 11.6 Å². The van der Waals surface area contributed by atoms with Gasteiger partial charge in [-0.25, -0.2) is 4.79 Å². The van der Waals surface area contributed by atoms with Gasteiger partial charge >= 0.3 is 5.69 Å². The number of aromatic nitrogens is 2. The second kappa shape index (κ2) is 3.86. The van der Waals surface area contributed by atoms with Gasteiger partial charge in [-0.2, -0.15) is 0 Å². The maximum Gasteiger partial charge on any atom is 0.325 e. The smallest absolute Gasteiger partial charge is 0.325 e. The molecule has 0 unspecified atom stereocenters. The number of imidazole rings is 1. The first kappa shape index (κ1) is 12.7. The second-order valence-corrected chi connectivity index (χ2v) is 5.31. The minimum atomic E-state index is -0.489. The van der Waals surface area contributed by atoms with Crippen molar-refractivity contribution in [2.45, 2.75) is 49.3 Å². The number of nitrogens with zero attached hydrogens (tertiary/aromatic N) is 1. The molecule has 0 saturated heterocycles. The maximum atomic E-state index is 11.7. The first-order valence-electron chi connectivity index (χ1n) is 5.79. The minimum Gasteiger partial charge on any atom is -0.391 e. The molecule has 0 spiro atoms. The van der Waals surface area contributed by atoms with Gasteiger partial charge in [0.2, 0.25) is 0 Å². The van der Waals surface area contributed by atoms with Crippen LogP contribution >= 0.6 is 12.4 Å². The molecule has 17 heavy (non-hydrogen) atoms. The van der Waals surface area contributed by atoms with E-state index in [0.717, 1.165) is 25.7 Å². The van der Waals surface area contributed by atoms with E-state index >= 15 is 0 Å². The first-order valence-corrected chi connectivity index (χ1v) is 5.79. The number of nitrogens with two attached hydrogens (primary N) is 1. The summed E-state index contributed by atoms with van der Waals surface area (Å²) in [7, 11) is 0. The van der Waals surface area contributed by atoms with Crippen molar-refractivity contribution in [1.29, 1.82) is 0 Å². The van der Waals surface area contributed by atoms with Crippen LogP contribution < -0.4 is 11.4 Å². The number of aliphatic hydroxyl groups is 1. The zero-order valence-electron chi connectivity index (χ0n) is 9.56. The normalized spacial score (nSPS) is 40.0. The van der Waals surface area contributed by atoms with Gasteiger partial charge in [0, 0.05) is 17.9 Å². The molecule has 3 fully saturated rings. The monoisotopic (exact) mass is 259 g/mol. The fourth-order valence-corrected chi connectivity index (χ4v) is 3.31. The number of rotatable bonds is 1. The SMILES string of the molecule is Cl.NC12CCC(n3cc[nH]c3=O)(CC1)C[C@@H]2O. The van der Waals surface area contributed by atoms with Gasteiger partial charge < -0.3 is 15.8 Å². The van der Waals surface area contributed by atoms with E-state index < -0.39 is 11.6 Å². The highest BCUT2D eigenvalue weighted by atomic mass is 35.5. The standard InChI is InChI=1S/C11H17N3O2.ClH/c12-11-3-1-10(2-4-11,7-8(11)15)14-6-5-13-9(14)16;/h5-6,8,15H,1-4,7,12H2,(H,13,16);1H/t8-,10?,11?;/m0./s1. The molecule has 3 saturated carbocycles. The van der Waals surface area contributed by atoms with E-state index in [4.69, 9.17) is 5.73 Å². The fourth-order valence-electron chi connectivity index (χ4n) is 3.31. The zero-order chi connectivity index (χ0) is 11.4. The highest BCUT2D eigenvalue weighted by Crippen LogP contribution is 2.49. The Hall–Kier alpha value is -0.780. The molecule has 1 atom stereocenters. The average Bonchev–Trinajstić information content (AvgIpc) is 2.68. The van der Waals surface area contributed by atoms with Crippen molar-refractivity contribution in [3.05, 3.63) is 22.9 Å². The third-order valence-corrected chi connectivity index (χ3v) is 4.51. The molecular formula is C11H18ClN3O2. The number of fused-ring (bicyclic) bond motifs is 3. The van der Waals surface area contributed by atoms with Gasteiger partial charge in [-0.05, 0) is 32.1 Å². The summed E-state index contributed by atoms with van der Waals surface area (Å²) in [6.07, 6.45) is 6.92. The third-order valence-electron chi connectivity index (χ3n) is 4.51. The summed E-state index contributed by atoms with van der Waals surface area (Å²) < 4.78 is 1.74. The second-order valence-electron chi connectivity index (χ2n) is 5.31. The number of nitrogens with one attached hydrogen (secondary N) is 1. The van der Waals surface area contributed by atoms with Crippen LogP contribution in [0.25, 0.3) is 0 Å². The molecule has 3 aliphatic carbocycles. The highest BCUT2D eigenvalue weighted by Gasteiger charge is 2.53. The number of aliphatic hydroxyl groups excluding tert-OH is 1. The number of H-pyrrole nitrogens is 1. The molecule has 1 aromatic rings. The topological polar surface area (TPSA) is 84.0 Å². The number of hydrogen-bond donors (Lipinski definition) is 3. The summed E-state index contributed by atoms with van der Waals surface area (Å²) in [5, 5.41) is 10.1. The Labute approximate surface area is 105 Å². The van der Waals surface area contributed by atoms with E-state index in [9.17, 15) is 9.90 Å². The van der Waals surface area contributed by atoms with Crippen molar-refractivity contribution in [3.8, 4) is 0 Å². The van der Waals surface area contributed by atoms with Crippen molar-refractivity contribution in [1.82, 2.24) is 9.55 Å². The molecule has 6 heteroatoms. The van der Waals surface area contributed by atoms with Crippen LogP contribution in [0, 0.1) is 0 Å². The molecule has 0 amide bonds. The van der Waals surface area contributed by atoms with Crippen molar-refractivity contribution >= 4 is 12.4 Å². The molecule has 0 aliphatic heterocycles. The molecule has 4 N–H and O–H groups in total. The third kappa shape index (κ3) is 1.64. The zero-order valence-corrected chi connectivity index (χ0v) is 10.4. The Morgan fingerprint density at radius 3 is 2.53 bits per heavy atom. The van der Waals surface area contributed by atoms with Gasteiger partial charge in [0.25, 0.3) is 0 Å². The van der Waals surface area contributed by atoms with Gasteiger partial charge in [-0.3, -0.25) is 4.57 Å². The predicted octanol–water partition coefficient (Wildman–Crippen LogP) is 0.330. The van der Waals surface area contributed by atoms with E-state index in [0.29, 0.717) is 6.42 Å². The summed E-state index contributed by atoms with van der Waals surface area (Å²) >= 11 is 0. The number of hydrogen-bond acceptors (Lipinski definition) is 3. The Morgan fingerprint density at radius 2 is 2.06 bits per heavy atom. The van der Waals surface area contributed by atoms with Crippen molar-refractivity contribution in [3.63, 3.8) is 0 Å². The Balaban J connectivity index is 0.00000108. The van der Waals surface area contributed by atoms with Crippen molar-refractivity contribution < 1.29 is 5.11 Å². The van der Waals surface area contributed by atoms with Crippen LogP contribution in [0.5, 0.6) is 0 Å². The molecular weight excluding hydrogens is 242 g/mol. The van der Waals surface area contributed by atoms with Crippen LogP contribution in [-0.4, -0.2) is 26.3 Å². The molecule has 1 heterocycles. The number of halogens is 1. The Kier molecular flexibility index (Phi) is 2.88. The highest BCUT2D eigenvalue weighted by molar-refractivity contribution is 5.85. The Bertz CT molecular complexity index is 459. The van der Waals surface area contributed by atoms with Crippen LogP contribution in [0.4, 0.5) is 0 Å². The summed E-state index contributed by atoms with van der Waals surface area (Å²) in [5.41, 5.74) is 5.43. The maximum absolute atomic E-state index is 11.7. The lowest BCUT2D eigenvalue weighted by atomic mass is 9.60. The summed E-state index contributed by atoms with van der Waals surface area (Å²) in [4.78, 5) is 14.3. The van der Waals surface area contributed by atoms with E-state index in [2.05, 4.69) is 4.98 Å². The molecule has 2 bridgehead atoms. The van der Waals surface area contributed by atoms with Crippen LogP contribution in [0.1, 0.15) is 32.1 Å². The molecule has 4 rings (SSSR count). The molecule has 0 aromatic carbocycles. The number of aromatic amines is 1. The summed E-state index contributed by atoms with van der Waals surface area (Å²) in [5.74, 6) is 0. The summed E-state index contributed by atoms with van der Waals surface area (Å²) in [6, 6.07) is 0. The van der Waals surface area contributed by atoms with Crippen LogP contribution in [0.15, 0.2) is 17.2 Å². The fraction of sp³-hybridized carbons (Fsp3) is 0.727. The lowest BCUT2D eigenvalue weighted by molar-refractivity contribution is -0.0619. The lowest BCUT2D eigenvalue weighted by Gasteiger charge is -2.54. The first-order chi connectivity index (χ1) is 7.56. The van der Waals surface area contributed by atoms with Gasteiger partial charge in [-0.1, -0.05) is 0 Å². The predicted molar refractivity (Wildman–Crippen MR) is 66.3 cm³/mol. The van der Waals surface area contributed by atoms with Crippen LogP contribution in [-0.2, 0) is 5.54 Å². The van der Waals surface area contributed by atoms with Crippen LogP contribution in [0.3, 0.4) is 0 Å². The molecule has 5 nitrogen and oxygen atoms in total. The quantitative estimate of drug-likeness (QED) is 0.680. The summed E-state index contributed by atoms with van der Waals surface area (Å²) in [6.45, 7) is 0. The van der Waals surface area contributed by atoms with Crippen LogP contribution in [0.2, 0.25) is 0 Å². The largest absolute Gasteiger partial charge is 0.391 e. The van der Waals surface area contributed by atoms with Crippen molar-refractivity contribution in [2.75, 3.05) is 0 Å². The lowest BCUT2D eigenvalue weighted by Crippen LogP contribution is -2.64. The molecule has 0 radical (unpaired) electrons. The average molecular weight is 260 g/mol. The minimum absolute atomic E-state index is 0.